The lowest BCUT2D eigenvalue weighted by Gasteiger charge is -2.05. The summed E-state index contributed by atoms with van der Waals surface area (Å²) < 4.78 is 1.38. The fraction of sp³-hybridized carbons (Fsp3) is 0.0714. The fourth-order valence-corrected chi connectivity index (χ4v) is 2.27. The van der Waals surface area contributed by atoms with Crippen LogP contribution in [-0.2, 0) is 0 Å². The van der Waals surface area contributed by atoms with Crippen molar-refractivity contribution < 1.29 is 14.6 Å². The predicted molar refractivity (Wildman–Crippen MR) is 85.4 cm³/mol. The molecule has 2 heterocycles. The summed E-state index contributed by atoms with van der Waals surface area (Å²) in [4.78, 5) is 36.9. The number of fused-ring (bicyclic) bond motifs is 1. The summed E-state index contributed by atoms with van der Waals surface area (Å²) in [6, 6.07) is 5.18. The highest BCUT2D eigenvalue weighted by atomic mass is 16.6. The summed E-state index contributed by atoms with van der Waals surface area (Å²) in [5.41, 5.74) is -0.621. The molecular formula is C14H10N6O5. The van der Waals surface area contributed by atoms with Crippen LogP contribution in [0.4, 0.5) is 17.1 Å². The van der Waals surface area contributed by atoms with Crippen LogP contribution in [0.5, 0.6) is 0 Å². The van der Waals surface area contributed by atoms with E-state index in [4.69, 9.17) is 0 Å². The fourth-order valence-electron chi connectivity index (χ4n) is 2.27. The Morgan fingerprint density at radius 2 is 1.80 bits per heavy atom. The average Bonchev–Trinajstić information content (AvgIpc) is 3.00. The van der Waals surface area contributed by atoms with Crippen LogP contribution in [0, 0.1) is 27.2 Å². The van der Waals surface area contributed by atoms with Crippen molar-refractivity contribution in [2.45, 2.75) is 6.92 Å². The van der Waals surface area contributed by atoms with Gasteiger partial charge in [-0.3, -0.25) is 25.0 Å². The largest absolute Gasteiger partial charge is 0.320 e. The number of nitro groups is 2. The van der Waals surface area contributed by atoms with Crippen molar-refractivity contribution in [2.24, 2.45) is 0 Å². The van der Waals surface area contributed by atoms with Gasteiger partial charge in [0.15, 0.2) is 11.3 Å². The number of carbonyl (C=O) groups excluding carboxylic acids is 1. The van der Waals surface area contributed by atoms with Gasteiger partial charge in [0, 0.05) is 30.6 Å². The number of aromatic nitrogens is 3. The third-order valence-corrected chi connectivity index (χ3v) is 3.47. The molecule has 0 radical (unpaired) electrons. The Bertz CT molecular complexity index is 959. The van der Waals surface area contributed by atoms with E-state index in [1.165, 1.54) is 23.7 Å². The minimum atomic E-state index is -0.743. The molecule has 2 aromatic heterocycles. The maximum absolute atomic E-state index is 12.3. The topological polar surface area (TPSA) is 146 Å². The molecule has 11 heteroatoms. The number of rotatable bonds is 4. The molecule has 1 aromatic carbocycles. The lowest BCUT2D eigenvalue weighted by Crippen LogP contribution is -2.13. The summed E-state index contributed by atoms with van der Waals surface area (Å²) in [7, 11) is 0. The van der Waals surface area contributed by atoms with Gasteiger partial charge >= 0.3 is 0 Å². The predicted octanol–water partition coefficient (Wildman–Crippen LogP) is 2.11. The van der Waals surface area contributed by atoms with Crippen LogP contribution in [0.3, 0.4) is 0 Å². The van der Waals surface area contributed by atoms with Crippen molar-refractivity contribution in [3.05, 3.63) is 68.1 Å². The molecule has 0 aliphatic rings. The van der Waals surface area contributed by atoms with Gasteiger partial charge in [-0.2, -0.15) is 5.10 Å². The number of benzene rings is 1. The van der Waals surface area contributed by atoms with E-state index in [9.17, 15) is 25.0 Å². The lowest BCUT2D eigenvalue weighted by molar-refractivity contribution is -0.395. The van der Waals surface area contributed by atoms with E-state index in [2.05, 4.69) is 15.4 Å². The van der Waals surface area contributed by atoms with Crippen LogP contribution in [-0.4, -0.2) is 30.4 Å². The second-order valence-electron chi connectivity index (χ2n) is 5.06. The van der Waals surface area contributed by atoms with Gasteiger partial charge < -0.3 is 5.32 Å². The first-order chi connectivity index (χ1) is 11.9. The van der Waals surface area contributed by atoms with Gasteiger partial charge in [-0.05, 0) is 13.0 Å². The van der Waals surface area contributed by atoms with Crippen molar-refractivity contribution in [3.8, 4) is 0 Å². The van der Waals surface area contributed by atoms with E-state index in [1.807, 2.05) is 0 Å². The summed E-state index contributed by atoms with van der Waals surface area (Å²) in [6.45, 7) is 1.27. The second kappa shape index (κ2) is 5.96. The van der Waals surface area contributed by atoms with Crippen molar-refractivity contribution in [2.75, 3.05) is 5.32 Å². The third kappa shape index (κ3) is 2.97. The molecule has 0 atom stereocenters. The molecule has 0 spiro atoms. The van der Waals surface area contributed by atoms with E-state index in [-0.39, 0.29) is 16.9 Å². The number of hydrogen-bond donors (Lipinski definition) is 1. The van der Waals surface area contributed by atoms with E-state index >= 15 is 0 Å². The average molecular weight is 342 g/mol. The maximum Gasteiger partial charge on any atom is 0.281 e. The highest BCUT2D eigenvalue weighted by Crippen LogP contribution is 2.31. The normalized spacial score (nSPS) is 10.6. The summed E-state index contributed by atoms with van der Waals surface area (Å²) in [5, 5.41) is 28.5. The van der Waals surface area contributed by atoms with E-state index in [1.54, 1.807) is 12.3 Å². The van der Waals surface area contributed by atoms with Crippen LogP contribution in [0.2, 0.25) is 0 Å². The smallest absolute Gasteiger partial charge is 0.281 e. The molecule has 0 saturated heterocycles. The van der Waals surface area contributed by atoms with Gasteiger partial charge in [0.25, 0.3) is 17.3 Å². The first-order valence-corrected chi connectivity index (χ1v) is 6.92. The van der Waals surface area contributed by atoms with Crippen molar-refractivity contribution in [1.29, 1.82) is 0 Å². The number of nitro benzene ring substituents is 2. The van der Waals surface area contributed by atoms with E-state index < -0.39 is 27.1 Å². The van der Waals surface area contributed by atoms with Crippen LogP contribution < -0.4 is 5.32 Å². The third-order valence-electron chi connectivity index (χ3n) is 3.47. The Kier molecular flexibility index (Phi) is 3.81. The van der Waals surface area contributed by atoms with Crippen molar-refractivity contribution in [3.63, 3.8) is 0 Å². The zero-order valence-electron chi connectivity index (χ0n) is 12.7. The number of hydrogen-bond acceptors (Lipinski definition) is 7. The Morgan fingerprint density at radius 1 is 1.16 bits per heavy atom. The van der Waals surface area contributed by atoms with Crippen LogP contribution in [0.15, 0.2) is 36.7 Å². The zero-order chi connectivity index (χ0) is 18.1. The molecule has 0 unspecified atom stereocenters. The van der Waals surface area contributed by atoms with Gasteiger partial charge in [0.1, 0.15) is 5.56 Å². The van der Waals surface area contributed by atoms with E-state index in [0.717, 1.165) is 12.1 Å². The molecule has 0 aliphatic carbocycles. The molecule has 3 rings (SSSR count). The molecule has 11 nitrogen and oxygen atoms in total. The van der Waals surface area contributed by atoms with Gasteiger partial charge in [0.2, 0.25) is 0 Å². The van der Waals surface area contributed by atoms with Crippen LogP contribution in [0.25, 0.3) is 5.65 Å². The number of carbonyl (C=O) groups is 1. The summed E-state index contributed by atoms with van der Waals surface area (Å²) >= 11 is 0. The number of nitrogens with zero attached hydrogens (tertiary/aromatic N) is 5. The highest BCUT2D eigenvalue weighted by Gasteiger charge is 2.24. The van der Waals surface area contributed by atoms with E-state index in [0.29, 0.717) is 5.65 Å². The Morgan fingerprint density at radius 3 is 2.36 bits per heavy atom. The Balaban J connectivity index is 1.97. The summed E-state index contributed by atoms with van der Waals surface area (Å²) in [5.74, 6) is -0.669. The molecule has 126 valence electrons. The SMILES string of the molecule is Cc1c([N+](=O)[O-])cc(NC(=O)c2cc3ncccn3n2)cc1[N+](=O)[O-]. The number of nitrogens with one attached hydrogen (secondary N) is 1. The first kappa shape index (κ1) is 16.0. The van der Waals surface area contributed by atoms with Gasteiger partial charge in [-0.1, -0.05) is 0 Å². The Hall–Kier alpha value is -3.89. The first-order valence-electron chi connectivity index (χ1n) is 6.92. The molecule has 25 heavy (non-hydrogen) atoms. The highest BCUT2D eigenvalue weighted by molar-refractivity contribution is 6.03. The van der Waals surface area contributed by atoms with Crippen LogP contribution in [0.1, 0.15) is 16.1 Å². The Labute approximate surface area is 139 Å². The minimum Gasteiger partial charge on any atom is -0.320 e. The van der Waals surface area contributed by atoms with Crippen LogP contribution >= 0.6 is 0 Å². The molecule has 1 N–H and O–H groups in total. The monoisotopic (exact) mass is 342 g/mol. The molecule has 0 saturated carbocycles. The van der Waals surface area contributed by atoms with Gasteiger partial charge in [-0.25, -0.2) is 9.50 Å². The molecule has 0 bridgehead atoms. The molecular weight excluding hydrogens is 332 g/mol. The number of amides is 1. The minimum absolute atomic E-state index is 0.0181. The molecule has 0 aliphatic heterocycles. The van der Waals surface area contributed by atoms with Gasteiger partial charge in [0.05, 0.1) is 15.5 Å². The van der Waals surface area contributed by atoms with Crippen molar-refractivity contribution >= 4 is 28.6 Å². The number of anilines is 1. The second-order valence-corrected chi connectivity index (χ2v) is 5.06. The molecule has 1 amide bonds. The maximum atomic E-state index is 12.3. The molecule has 3 aromatic rings. The summed E-state index contributed by atoms with van der Waals surface area (Å²) in [6.07, 6.45) is 3.13. The van der Waals surface area contributed by atoms with Gasteiger partial charge in [-0.15, -0.1) is 0 Å². The zero-order valence-corrected chi connectivity index (χ0v) is 12.7. The van der Waals surface area contributed by atoms with Crippen molar-refractivity contribution in [1.82, 2.24) is 14.6 Å². The quantitative estimate of drug-likeness (QED) is 0.564. The lowest BCUT2D eigenvalue weighted by atomic mass is 10.1. The standard InChI is InChI=1S/C14H10N6O5/c1-8-11(19(22)23)5-9(6-12(8)20(24)25)16-14(21)10-7-13-15-3-2-4-18(13)17-10/h2-7H,1H3,(H,16,21). The molecule has 0 fully saturated rings.